The maximum absolute atomic E-state index is 5.83. The van der Waals surface area contributed by atoms with Gasteiger partial charge in [-0.1, -0.05) is 11.6 Å². The second-order valence-electron chi connectivity index (χ2n) is 3.55. The fourth-order valence-corrected chi connectivity index (χ4v) is 1.98. The number of pyridine rings is 1. The van der Waals surface area contributed by atoms with E-state index >= 15 is 0 Å². The van der Waals surface area contributed by atoms with E-state index in [4.69, 9.17) is 22.1 Å². The van der Waals surface area contributed by atoms with Gasteiger partial charge in [0.1, 0.15) is 10.9 Å². The topological polar surface area (TPSA) is 60.2 Å². The van der Waals surface area contributed by atoms with E-state index in [-0.39, 0.29) is 0 Å². The van der Waals surface area contributed by atoms with Crippen molar-refractivity contribution in [3.63, 3.8) is 0 Å². The van der Waals surface area contributed by atoms with Crippen LogP contribution in [0.3, 0.4) is 0 Å². The second kappa shape index (κ2) is 5.46. The smallest absolute Gasteiger partial charge is 0.155 e. The Morgan fingerprint density at radius 3 is 2.83 bits per heavy atom. The Balaban J connectivity index is 2.31. The summed E-state index contributed by atoms with van der Waals surface area (Å²) < 4.78 is 6.09. The number of nitrogens with two attached hydrogens (primary N) is 1. The number of nitrogen functional groups attached to an aromatic ring is 1. The molecule has 0 unspecified atom stereocenters. The molecule has 6 heteroatoms. The lowest BCUT2D eigenvalue weighted by molar-refractivity contribution is 0.412. The number of aromatic nitrogens is 1. The van der Waals surface area contributed by atoms with Crippen LogP contribution in [0.2, 0.25) is 5.15 Å². The van der Waals surface area contributed by atoms with E-state index in [9.17, 15) is 0 Å². The zero-order valence-electron chi connectivity index (χ0n) is 9.58. The summed E-state index contributed by atoms with van der Waals surface area (Å²) >= 11 is 9.22. The van der Waals surface area contributed by atoms with E-state index in [1.807, 2.05) is 18.2 Å². The molecule has 0 aliphatic heterocycles. The summed E-state index contributed by atoms with van der Waals surface area (Å²) in [5.74, 6) is 1.24. The maximum atomic E-state index is 5.83. The molecule has 2 rings (SSSR count). The molecular formula is C12H11BrClN3O. The van der Waals surface area contributed by atoms with Crippen LogP contribution in [0.25, 0.3) is 0 Å². The molecule has 1 aromatic heterocycles. The molecule has 0 amide bonds. The molecule has 3 N–H and O–H groups in total. The Bertz CT molecular complexity index is 577. The minimum atomic E-state index is 0.385. The van der Waals surface area contributed by atoms with E-state index in [2.05, 4.69) is 26.2 Å². The van der Waals surface area contributed by atoms with Crippen molar-refractivity contribution < 1.29 is 4.74 Å². The standard InChI is InChI=1S/C12H11BrClN3O/c1-18-10-6-7(2-3-8(10)13)16-12-9(15)4-5-11(14)17-12/h2-6H,15H2,1H3,(H,16,17). The lowest BCUT2D eigenvalue weighted by atomic mass is 10.3. The number of ether oxygens (including phenoxy) is 1. The van der Waals surface area contributed by atoms with Gasteiger partial charge in [0.05, 0.1) is 17.3 Å². The predicted molar refractivity (Wildman–Crippen MR) is 77.6 cm³/mol. The van der Waals surface area contributed by atoms with Crippen molar-refractivity contribution in [1.82, 2.24) is 4.98 Å². The number of halogens is 2. The van der Waals surface area contributed by atoms with E-state index in [1.165, 1.54) is 0 Å². The number of benzene rings is 1. The first kappa shape index (κ1) is 13.0. The number of nitrogens with zero attached hydrogens (tertiary/aromatic N) is 1. The molecule has 0 bridgehead atoms. The molecule has 18 heavy (non-hydrogen) atoms. The minimum absolute atomic E-state index is 0.385. The van der Waals surface area contributed by atoms with E-state index < -0.39 is 0 Å². The van der Waals surface area contributed by atoms with Crippen molar-refractivity contribution >= 4 is 44.7 Å². The third-order valence-corrected chi connectivity index (χ3v) is 3.17. The molecule has 1 heterocycles. The van der Waals surface area contributed by atoms with Crippen molar-refractivity contribution in [3.8, 4) is 5.75 Å². The van der Waals surface area contributed by atoms with Crippen LogP contribution in [0.5, 0.6) is 5.75 Å². The molecule has 2 aromatic rings. The summed E-state index contributed by atoms with van der Waals surface area (Å²) in [5.41, 5.74) is 7.16. The van der Waals surface area contributed by atoms with Gasteiger partial charge in [-0.25, -0.2) is 4.98 Å². The Kier molecular flexibility index (Phi) is 3.93. The number of hydrogen-bond donors (Lipinski definition) is 2. The third kappa shape index (κ3) is 2.86. The number of anilines is 3. The average Bonchev–Trinajstić information content (AvgIpc) is 2.36. The predicted octanol–water partition coefficient (Wildman–Crippen LogP) is 3.83. The summed E-state index contributed by atoms with van der Waals surface area (Å²) in [5, 5.41) is 3.48. The fraction of sp³-hybridized carbons (Fsp3) is 0.0833. The molecule has 0 atom stereocenters. The largest absolute Gasteiger partial charge is 0.495 e. The van der Waals surface area contributed by atoms with Crippen LogP contribution in [-0.2, 0) is 0 Å². The summed E-state index contributed by atoms with van der Waals surface area (Å²) in [6.45, 7) is 0. The van der Waals surface area contributed by atoms with Gasteiger partial charge < -0.3 is 15.8 Å². The van der Waals surface area contributed by atoms with E-state index in [0.29, 0.717) is 16.7 Å². The van der Waals surface area contributed by atoms with Gasteiger partial charge in [0.25, 0.3) is 0 Å². The Morgan fingerprint density at radius 1 is 1.33 bits per heavy atom. The van der Waals surface area contributed by atoms with Gasteiger partial charge in [0.2, 0.25) is 0 Å². The molecule has 0 spiro atoms. The summed E-state index contributed by atoms with van der Waals surface area (Å²) in [6.07, 6.45) is 0. The van der Waals surface area contributed by atoms with Gasteiger partial charge in [-0.05, 0) is 40.2 Å². The number of nitrogens with one attached hydrogen (secondary N) is 1. The second-order valence-corrected chi connectivity index (χ2v) is 4.79. The minimum Gasteiger partial charge on any atom is -0.495 e. The molecule has 0 fully saturated rings. The number of methoxy groups -OCH3 is 1. The van der Waals surface area contributed by atoms with Crippen molar-refractivity contribution in [3.05, 3.63) is 40.0 Å². The van der Waals surface area contributed by atoms with Crippen LogP contribution in [0.15, 0.2) is 34.8 Å². The van der Waals surface area contributed by atoms with Crippen molar-refractivity contribution in [2.75, 3.05) is 18.2 Å². The van der Waals surface area contributed by atoms with E-state index in [1.54, 1.807) is 19.2 Å². The van der Waals surface area contributed by atoms with E-state index in [0.717, 1.165) is 15.9 Å². The van der Waals surface area contributed by atoms with Crippen molar-refractivity contribution in [2.45, 2.75) is 0 Å². The fourth-order valence-electron chi connectivity index (χ4n) is 1.42. The van der Waals surface area contributed by atoms with Gasteiger partial charge in [-0.15, -0.1) is 0 Å². The zero-order valence-corrected chi connectivity index (χ0v) is 11.9. The highest BCUT2D eigenvalue weighted by molar-refractivity contribution is 9.10. The van der Waals surface area contributed by atoms with Crippen LogP contribution >= 0.6 is 27.5 Å². The SMILES string of the molecule is COc1cc(Nc2nc(Cl)ccc2N)ccc1Br. The Labute approximate surface area is 118 Å². The van der Waals surface area contributed by atoms with Crippen LogP contribution in [0.4, 0.5) is 17.2 Å². The van der Waals surface area contributed by atoms with Gasteiger partial charge in [-0.2, -0.15) is 0 Å². The molecule has 1 aromatic carbocycles. The highest BCUT2D eigenvalue weighted by Gasteiger charge is 2.05. The molecule has 0 aliphatic rings. The molecule has 0 saturated heterocycles. The summed E-state index contributed by atoms with van der Waals surface area (Å²) in [7, 11) is 1.61. The summed E-state index contributed by atoms with van der Waals surface area (Å²) in [6, 6.07) is 8.95. The maximum Gasteiger partial charge on any atom is 0.155 e. The monoisotopic (exact) mass is 327 g/mol. The van der Waals surface area contributed by atoms with Gasteiger partial charge in [0.15, 0.2) is 5.82 Å². The average molecular weight is 329 g/mol. The zero-order chi connectivity index (χ0) is 13.1. The lowest BCUT2D eigenvalue weighted by Crippen LogP contribution is -1.99. The summed E-state index contributed by atoms with van der Waals surface area (Å²) in [4.78, 5) is 4.12. The first-order valence-electron chi connectivity index (χ1n) is 5.12. The highest BCUT2D eigenvalue weighted by Crippen LogP contribution is 2.30. The van der Waals surface area contributed by atoms with Crippen LogP contribution in [0.1, 0.15) is 0 Å². The van der Waals surface area contributed by atoms with Crippen molar-refractivity contribution in [2.24, 2.45) is 0 Å². The lowest BCUT2D eigenvalue weighted by Gasteiger charge is -2.10. The molecule has 0 radical (unpaired) electrons. The normalized spacial score (nSPS) is 10.2. The first-order valence-corrected chi connectivity index (χ1v) is 6.30. The Morgan fingerprint density at radius 2 is 2.11 bits per heavy atom. The van der Waals surface area contributed by atoms with Crippen molar-refractivity contribution in [1.29, 1.82) is 0 Å². The highest BCUT2D eigenvalue weighted by atomic mass is 79.9. The van der Waals surface area contributed by atoms with Crippen LogP contribution in [0, 0.1) is 0 Å². The molecular weight excluding hydrogens is 318 g/mol. The molecule has 0 saturated carbocycles. The van der Waals surface area contributed by atoms with Gasteiger partial charge in [-0.3, -0.25) is 0 Å². The molecule has 94 valence electrons. The first-order chi connectivity index (χ1) is 8.60. The number of rotatable bonds is 3. The quantitative estimate of drug-likeness (QED) is 0.841. The molecule has 0 aliphatic carbocycles. The Hall–Kier alpha value is -1.46. The number of hydrogen-bond acceptors (Lipinski definition) is 4. The third-order valence-electron chi connectivity index (χ3n) is 2.31. The van der Waals surface area contributed by atoms with Crippen LogP contribution in [-0.4, -0.2) is 12.1 Å². The molecule has 4 nitrogen and oxygen atoms in total. The van der Waals surface area contributed by atoms with Gasteiger partial charge >= 0.3 is 0 Å². The van der Waals surface area contributed by atoms with Gasteiger partial charge in [0, 0.05) is 11.8 Å². The van der Waals surface area contributed by atoms with Crippen LogP contribution < -0.4 is 15.8 Å².